The molecule has 0 aromatic heterocycles. The Balaban J connectivity index is 2.52. The summed E-state index contributed by atoms with van der Waals surface area (Å²) in [6, 6.07) is 0.586. The first-order valence-electron chi connectivity index (χ1n) is 6.69. The van der Waals surface area contributed by atoms with E-state index >= 15 is 0 Å². The van der Waals surface area contributed by atoms with Crippen molar-refractivity contribution in [2.24, 2.45) is 5.73 Å². The Morgan fingerprint density at radius 3 is 2.76 bits per heavy atom. The van der Waals surface area contributed by atoms with E-state index in [1.165, 1.54) is 0 Å². The van der Waals surface area contributed by atoms with Gasteiger partial charge in [0.05, 0.1) is 6.04 Å². The van der Waals surface area contributed by atoms with Crippen molar-refractivity contribution < 1.29 is 4.79 Å². The van der Waals surface area contributed by atoms with Crippen LogP contribution >= 0.6 is 0 Å². The van der Waals surface area contributed by atoms with Crippen molar-refractivity contribution in [2.45, 2.75) is 57.7 Å². The molecule has 1 fully saturated rings. The number of likely N-dealkylation sites (tertiary alicyclic amines) is 1. The molecule has 0 aromatic carbocycles. The van der Waals surface area contributed by atoms with Gasteiger partial charge in [-0.3, -0.25) is 4.79 Å². The molecule has 1 heterocycles. The van der Waals surface area contributed by atoms with Gasteiger partial charge in [-0.1, -0.05) is 13.3 Å². The standard InChI is InChI=1S/C13H27N3O/c1-5-6-12(14)13(17)16(4)11-7-8-15(3)10(2)9-11/h10-12H,5-9,14H2,1-4H3. The van der Waals surface area contributed by atoms with Crippen molar-refractivity contribution in [3.63, 3.8) is 0 Å². The minimum Gasteiger partial charge on any atom is -0.341 e. The molecule has 4 heteroatoms. The summed E-state index contributed by atoms with van der Waals surface area (Å²) in [5.41, 5.74) is 5.90. The first-order valence-corrected chi connectivity index (χ1v) is 6.69. The number of carbonyl (C=O) groups excluding carboxylic acids is 1. The summed E-state index contributed by atoms with van der Waals surface area (Å²) < 4.78 is 0. The monoisotopic (exact) mass is 241 g/mol. The summed E-state index contributed by atoms with van der Waals surface area (Å²) in [6.45, 7) is 5.34. The van der Waals surface area contributed by atoms with Crippen molar-refractivity contribution in [1.82, 2.24) is 9.80 Å². The second kappa shape index (κ2) is 6.36. The molecule has 0 aliphatic carbocycles. The van der Waals surface area contributed by atoms with Gasteiger partial charge in [-0.25, -0.2) is 0 Å². The third kappa shape index (κ3) is 3.68. The molecule has 4 nitrogen and oxygen atoms in total. The van der Waals surface area contributed by atoms with Gasteiger partial charge < -0.3 is 15.5 Å². The van der Waals surface area contributed by atoms with Crippen molar-refractivity contribution in [2.75, 3.05) is 20.6 Å². The van der Waals surface area contributed by atoms with E-state index in [1.807, 2.05) is 11.9 Å². The first-order chi connectivity index (χ1) is 7.97. The Labute approximate surface area is 105 Å². The molecule has 3 unspecified atom stereocenters. The first kappa shape index (κ1) is 14.5. The molecular formula is C13H27N3O. The Hall–Kier alpha value is -0.610. The third-order valence-electron chi connectivity index (χ3n) is 3.99. The predicted octanol–water partition coefficient (Wildman–Crippen LogP) is 1.05. The number of nitrogens with two attached hydrogens (primary N) is 1. The highest BCUT2D eigenvalue weighted by molar-refractivity contribution is 5.81. The lowest BCUT2D eigenvalue weighted by Crippen LogP contribution is -2.51. The SMILES string of the molecule is CCCC(N)C(=O)N(C)C1CCN(C)C(C)C1. The van der Waals surface area contributed by atoms with Crippen LogP contribution in [0.25, 0.3) is 0 Å². The fourth-order valence-corrected chi connectivity index (χ4v) is 2.49. The summed E-state index contributed by atoms with van der Waals surface area (Å²) in [7, 11) is 4.05. The van der Waals surface area contributed by atoms with E-state index in [0.717, 1.165) is 32.2 Å². The lowest BCUT2D eigenvalue weighted by molar-refractivity contribution is -0.134. The van der Waals surface area contributed by atoms with Crippen molar-refractivity contribution >= 4 is 5.91 Å². The molecule has 1 aliphatic rings. The quantitative estimate of drug-likeness (QED) is 0.800. The van der Waals surface area contributed by atoms with Gasteiger partial charge >= 0.3 is 0 Å². The molecular weight excluding hydrogens is 214 g/mol. The highest BCUT2D eigenvalue weighted by Gasteiger charge is 2.29. The highest BCUT2D eigenvalue weighted by Crippen LogP contribution is 2.20. The molecule has 1 rings (SSSR count). The van der Waals surface area contributed by atoms with E-state index in [0.29, 0.717) is 12.1 Å². The van der Waals surface area contributed by atoms with E-state index < -0.39 is 0 Å². The minimum absolute atomic E-state index is 0.105. The van der Waals surface area contributed by atoms with Crippen molar-refractivity contribution in [3.05, 3.63) is 0 Å². The molecule has 100 valence electrons. The van der Waals surface area contributed by atoms with E-state index in [-0.39, 0.29) is 11.9 Å². The van der Waals surface area contributed by atoms with Crippen LogP contribution in [0, 0.1) is 0 Å². The second-order valence-corrected chi connectivity index (χ2v) is 5.35. The molecule has 1 saturated heterocycles. The summed E-state index contributed by atoms with van der Waals surface area (Å²) in [5.74, 6) is 0.105. The van der Waals surface area contributed by atoms with Crippen LogP contribution in [0.15, 0.2) is 0 Å². The van der Waals surface area contributed by atoms with E-state index in [4.69, 9.17) is 5.73 Å². The number of likely N-dealkylation sites (N-methyl/N-ethyl adjacent to an activating group) is 1. The summed E-state index contributed by atoms with van der Waals surface area (Å²) in [4.78, 5) is 16.3. The van der Waals surface area contributed by atoms with Gasteiger partial charge in [0, 0.05) is 25.7 Å². The normalized spacial score (nSPS) is 27.8. The molecule has 1 aliphatic heterocycles. The van der Waals surface area contributed by atoms with Crippen LogP contribution in [0.5, 0.6) is 0 Å². The molecule has 17 heavy (non-hydrogen) atoms. The summed E-state index contributed by atoms with van der Waals surface area (Å²) in [5, 5.41) is 0. The van der Waals surface area contributed by atoms with Gasteiger partial charge in [0.1, 0.15) is 0 Å². The van der Waals surface area contributed by atoms with Gasteiger partial charge in [-0.05, 0) is 33.2 Å². The Morgan fingerprint density at radius 2 is 2.24 bits per heavy atom. The van der Waals surface area contributed by atoms with Gasteiger partial charge in [0.2, 0.25) is 5.91 Å². The summed E-state index contributed by atoms with van der Waals surface area (Å²) in [6.07, 6.45) is 3.86. The highest BCUT2D eigenvalue weighted by atomic mass is 16.2. The fraction of sp³-hybridized carbons (Fsp3) is 0.923. The molecule has 0 spiro atoms. The van der Waals surface area contributed by atoms with Gasteiger partial charge in [-0.2, -0.15) is 0 Å². The lowest BCUT2D eigenvalue weighted by Gasteiger charge is -2.40. The van der Waals surface area contributed by atoms with Gasteiger partial charge in [-0.15, -0.1) is 0 Å². The zero-order valence-electron chi connectivity index (χ0n) is 11.6. The fourth-order valence-electron chi connectivity index (χ4n) is 2.49. The van der Waals surface area contributed by atoms with Crippen LogP contribution in [-0.4, -0.2) is 54.5 Å². The van der Waals surface area contributed by atoms with Gasteiger partial charge in [0.25, 0.3) is 0 Å². The molecule has 2 N–H and O–H groups in total. The topological polar surface area (TPSA) is 49.6 Å². The van der Waals surface area contributed by atoms with Crippen LogP contribution in [0.2, 0.25) is 0 Å². The molecule has 0 radical (unpaired) electrons. The van der Waals surface area contributed by atoms with E-state index in [9.17, 15) is 4.79 Å². The van der Waals surface area contributed by atoms with Gasteiger partial charge in [0.15, 0.2) is 0 Å². The number of hydrogen-bond donors (Lipinski definition) is 1. The molecule has 0 saturated carbocycles. The van der Waals surface area contributed by atoms with Crippen LogP contribution < -0.4 is 5.73 Å². The Bertz CT molecular complexity index is 257. The summed E-state index contributed by atoms with van der Waals surface area (Å²) >= 11 is 0. The van der Waals surface area contributed by atoms with E-state index in [2.05, 4.69) is 25.8 Å². The molecule has 3 atom stereocenters. The average Bonchev–Trinajstić information content (AvgIpc) is 2.31. The lowest BCUT2D eigenvalue weighted by atomic mass is 9.97. The molecule has 1 amide bonds. The largest absolute Gasteiger partial charge is 0.341 e. The number of piperidine rings is 1. The molecule has 0 bridgehead atoms. The second-order valence-electron chi connectivity index (χ2n) is 5.35. The number of nitrogens with zero attached hydrogens (tertiary/aromatic N) is 2. The predicted molar refractivity (Wildman–Crippen MR) is 70.8 cm³/mol. The number of rotatable bonds is 4. The van der Waals surface area contributed by atoms with Crippen molar-refractivity contribution in [3.8, 4) is 0 Å². The van der Waals surface area contributed by atoms with Crippen LogP contribution in [0.1, 0.15) is 39.5 Å². The van der Waals surface area contributed by atoms with E-state index in [1.54, 1.807) is 0 Å². The maximum Gasteiger partial charge on any atom is 0.239 e. The maximum atomic E-state index is 12.1. The zero-order chi connectivity index (χ0) is 13.0. The third-order valence-corrected chi connectivity index (χ3v) is 3.99. The van der Waals surface area contributed by atoms with Crippen molar-refractivity contribution in [1.29, 1.82) is 0 Å². The number of hydrogen-bond acceptors (Lipinski definition) is 3. The number of carbonyl (C=O) groups is 1. The smallest absolute Gasteiger partial charge is 0.239 e. The Morgan fingerprint density at radius 1 is 1.59 bits per heavy atom. The van der Waals surface area contributed by atoms with Crippen LogP contribution in [0.3, 0.4) is 0 Å². The zero-order valence-corrected chi connectivity index (χ0v) is 11.6. The van der Waals surface area contributed by atoms with Crippen LogP contribution in [-0.2, 0) is 4.79 Å². The van der Waals surface area contributed by atoms with Crippen LogP contribution in [0.4, 0.5) is 0 Å². The average molecular weight is 241 g/mol. The number of amides is 1. The maximum absolute atomic E-state index is 12.1. The Kier molecular flexibility index (Phi) is 5.40. The molecule has 0 aromatic rings. The minimum atomic E-state index is -0.319.